The molecule has 7 nitrogen and oxygen atoms in total. The van der Waals surface area contributed by atoms with E-state index < -0.39 is 17.7 Å². The number of hydrogen-bond acceptors (Lipinski definition) is 6. The van der Waals surface area contributed by atoms with Crippen LogP contribution >= 0.6 is 15.9 Å². The lowest BCUT2D eigenvalue weighted by molar-refractivity contribution is -0.140. The Morgan fingerprint density at radius 3 is 2.62 bits per heavy atom. The number of ether oxygens (including phenoxy) is 2. The van der Waals surface area contributed by atoms with Crippen LogP contribution in [0.3, 0.4) is 0 Å². The van der Waals surface area contributed by atoms with Crippen molar-refractivity contribution in [3.63, 3.8) is 0 Å². The average Bonchev–Trinajstić information content (AvgIpc) is 3.38. The molecule has 8 heteroatoms. The van der Waals surface area contributed by atoms with Gasteiger partial charge in [0.05, 0.1) is 11.6 Å². The Morgan fingerprint density at radius 1 is 1.09 bits per heavy atom. The van der Waals surface area contributed by atoms with E-state index in [0.717, 1.165) is 10.0 Å². The minimum absolute atomic E-state index is 0.0279. The van der Waals surface area contributed by atoms with E-state index in [1.807, 2.05) is 30.3 Å². The van der Waals surface area contributed by atoms with Crippen LogP contribution in [-0.4, -0.2) is 33.5 Å². The molecule has 1 N–H and O–H groups in total. The summed E-state index contributed by atoms with van der Waals surface area (Å²) < 4.78 is 11.6. The van der Waals surface area contributed by atoms with Gasteiger partial charge in [0.25, 0.3) is 11.7 Å². The molecule has 2 aliphatic rings. The SMILES string of the molecule is O=C1C(=O)N(Cc2cccnc2)C(c2ccc(Br)cc2)/C1=C(\O)c1ccc2c(c1)OCO2. The highest BCUT2D eigenvalue weighted by molar-refractivity contribution is 9.10. The minimum Gasteiger partial charge on any atom is -0.507 e. The summed E-state index contributed by atoms with van der Waals surface area (Å²) >= 11 is 3.41. The summed E-state index contributed by atoms with van der Waals surface area (Å²) in [5.41, 5.74) is 1.88. The number of hydrogen-bond donors (Lipinski definition) is 1. The number of pyridine rings is 1. The molecule has 32 heavy (non-hydrogen) atoms. The number of ketones is 1. The van der Waals surface area contributed by atoms with E-state index in [2.05, 4.69) is 20.9 Å². The molecule has 2 aliphatic heterocycles. The third kappa shape index (κ3) is 3.52. The molecule has 1 amide bonds. The van der Waals surface area contributed by atoms with E-state index in [4.69, 9.17) is 9.47 Å². The molecule has 0 radical (unpaired) electrons. The molecule has 1 saturated heterocycles. The van der Waals surface area contributed by atoms with Crippen LogP contribution in [0.2, 0.25) is 0 Å². The average molecular weight is 493 g/mol. The molecule has 5 rings (SSSR count). The Morgan fingerprint density at radius 2 is 1.88 bits per heavy atom. The number of nitrogens with zero attached hydrogens (tertiary/aromatic N) is 2. The van der Waals surface area contributed by atoms with E-state index in [-0.39, 0.29) is 24.7 Å². The monoisotopic (exact) mass is 492 g/mol. The molecule has 1 aromatic heterocycles. The number of halogens is 1. The first-order valence-corrected chi connectivity index (χ1v) is 10.6. The normalized spacial score (nSPS) is 18.9. The largest absolute Gasteiger partial charge is 0.507 e. The summed E-state index contributed by atoms with van der Waals surface area (Å²) in [7, 11) is 0. The van der Waals surface area contributed by atoms with Gasteiger partial charge in [-0.25, -0.2) is 0 Å². The first kappa shape index (κ1) is 20.3. The molecule has 3 heterocycles. The third-order valence-electron chi connectivity index (χ3n) is 5.45. The maximum atomic E-state index is 13.1. The maximum absolute atomic E-state index is 13.1. The Kier molecular flexibility index (Phi) is 5.14. The number of amides is 1. The van der Waals surface area contributed by atoms with E-state index in [1.165, 1.54) is 4.90 Å². The molecular weight excluding hydrogens is 476 g/mol. The van der Waals surface area contributed by atoms with Gasteiger partial charge in [-0.15, -0.1) is 0 Å². The molecule has 160 valence electrons. The number of likely N-dealkylation sites (tertiary alicyclic amines) is 1. The number of aromatic nitrogens is 1. The van der Waals surface area contributed by atoms with E-state index >= 15 is 0 Å². The van der Waals surface area contributed by atoms with Gasteiger partial charge in [0.1, 0.15) is 5.76 Å². The molecule has 1 unspecified atom stereocenters. The number of fused-ring (bicyclic) bond motifs is 1. The van der Waals surface area contributed by atoms with Crippen LogP contribution in [0, 0.1) is 0 Å². The standard InChI is InChI=1S/C24H17BrN2O5/c25-17-6-3-15(4-7-17)21-20(22(28)16-5-8-18-19(10-16)32-13-31-18)23(29)24(30)27(21)12-14-2-1-9-26-11-14/h1-11,21,28H,12-13H2/b22-20+. The zero-order chi connectivity index (χ0) is 22.2. The minimum atomic E-state index is -0.756. The number of Topliss-reactive ketones (excluding diaryl/α,β-unsaturated/α-hetero) is 1. The van der Waals surface area contributed by atoms with Crippen molar-refractivity contribution < 1.29 is 24.2 Å². The maximum Gasteiger partial charge on any atom is 0.295 e. The summed E-state index contributed by atoms with van der Waals surface area (Å²) in [5, 5.41) is 11.2. The summed E-state index contributed by atoms with van der Waals surface area (Å²) in [6.45, 7) is 0.269. The van der Waals surface area contributed by atoms with E-state index in [9.17, 15) is 14.7 Å². The van der Waals surface area contributed by atoms with Crippen LogP contribution in [0.4, 0.5) is 0 Å². The van der Waals surface area contributed by atoms with Crippen molar-refractivity contribution in [2.45, 2.75) is 12.6 Å². The second-order valence-corrected chi connectivity index (χ2v) is 8.32. The van der Waals surface area contributed by atoms with Crippen LogP contribution in [-0.2, 0) is 16.1 Å². The van der Waals surface area contributed by atoms with Gasteiger partial charge in [-0.1, -0.05) is 34.1 Å². The second kappa shape index (κ2) is 8.12. The highest BCUT2D eigenvalue weighted by atomic mass is 79.9. The third-order valence-corrected chi connectivity index (χ3v) is 5.98. The van der Waals surface area contributed by atoms with Crippen molar-refractivity contribution in [2.75, 3.05) is 6.79 Å². The number of aliphatic hydroxyl groups excluding tert-OH is 1. The number of aliphatic hydroxyl groups is 1. The van der Waals surface area contributed by atoms with Crippen molar-refractivity contribution in [1.29, 1.82) is 0 Å². The van der Waals surface area contributed by atoms with Gasteiger partial charge in [-0.2, -0.15) is 0 Å². The Bertz CT molecular complexity index is 1240. The van der Waals surface area contributed by atoms with Gasteiger partial charge in [0, 0.05) is 29.0 Å². The number of benzene rings is 2. The fraction of sp³-hybridized carbons (Fsp3) is 0.125. The van der Waals surface area contributed by atoms with Crippen LogP contribution in [0.1, 0.15) is 22.7 Å². The molecular formula is C24H17BrN2O5. The lowest BCUT2D eigenvalue weighted by Crippen LogP contribution is -2.29. The number of carbonyl (C=O) groups is 2. The summed E-state index contributed by atoms with van der Waals surface area (Å²) in [5.74, 6) is -0.647. The highest BCUT2D eigenvalue weighted by Gasteiger charge is 2.46. The Hall–Kier alpha value is -3.65. The molecule has 2 aromatic carbocycles. The second-order valence-electron chi connectivity index (χ2n) is 7.41. The van der Waals surface area contributed by atoms with Crippen molar-refractivity contribution in [3.8, 4) is 11.5 Å². The zero-order valence-corrected chi connectivity index (χ0v) is 18.3. The van der Waals surface area contributed by atoms with Crippen LogP contribution in [0.5, 0.6) is 11.5 Å². The molecule has 1 atom stereocenters. The van der Waals surface area contributed by atoms with E-state index in [0.29, 0.717) is 22.6 Å². The first-order valence-electron chi connectivity index (χ1n) is 9.86. The topological polar surface area (TPSA) is 89.0 Å². The van der Waals surface area contributed by atoms with Crippen LogP contribution in [0.15, 0.2) is 77.0 Å². The van der Waals surface area contributed by atoms with Gasteiger partial charge in [-0.05, 0) is 47.5 Å². The zero-order valence-electron chi connectivity index (χ0n) is 16.7. The van der Waals surface area contributed by atoms with Gasteiger partial charge in [0.2, 0.25) is 6.79 Å². The van der Waals surface area contributed by atoms with Gasteiger partial charge in [0.15, 0.2) is 11.5 Å². The Labute approximate surface area is 192 Å². The summed E-state index contributed by atoms with van der Waals surface area (Å²) in [6.07, 6.45) is 3.29. The van der Waals surface area contributed by atoms with Crippen molar-refractivity contribution in [3.05, 3.63) is 93.7 Å². The fourth-order valence-electron chi connectivity index (χ4n) is 3.92. The Balaban J connectivity index is 1.64. The van der Waals surface area contributed by atoms with Crippen LogP contribution in [0.25, 0.3) is 5.76 Å². The fourth-order valence-corrected chi connectivity index (χ4v) is 4.19. The predicted octanol–water partition coefficient (Wildman–Crippen LogP) is 4.19. The summed E-state index contributed by atoms with van der Waals surface area (Å²) in [6, 6.07) is 15.1. The van der Waals surface area contributed by atoms with Crippen molar-refractivity contribution in [2.24, 2.45) is 0 Å². The number of rotatable bonds is 4. The molecule has 0 saturated carbocycles. The first-order chi connectivity index (χ1) is 15.5. The smallest absolute Gasteiger partial charge is 0.295 e. The lowest BCUT2D eigenvalue weighted by Gasteiger charge is -2.25. The number of carbonyl (C=O) groups excluding carboxylic acids is 2. The molecule has 3 aromatic rings. The summed E-state index contributed by atoms with van der Waals surface area (Å²) in [4.78, 5) is 31.7. The quantitative estimate of drug-likeness (QED) is 0.333. The highest BCUT2D eigenvalue weighted by Crippen LogP contribution is 2.42. The van der Waals surface area contributed by atoms with Crippen LogP contribution < -0.4 is 9.47 Å². The van der Waals surface area contributed by atoms with Gasteiger partial charge >= 0.3 is 0 Å². The molecule has 0 bridgehead atoms. The van der Waals surface area contributed by atoms with E-state index in [1.54, 1.807) is 36.7 Å². The van der Waals surface area contributed by atoms with Crippen molar-refractivity contribution in [1.82, 2.24) is 9.88 Å². The van der Waals surface area contributed by atoms with Crippen molar-refractivity contribution >= 4 is 33.4 Å². The molecule has 0 spiro atoms. The molecule has 0 aliphatic carbocycles. The molecule has 1 fully saturated rings. The van der Waals surface area contributed by atoms with Gasteiger partial charge < -0.3 is 19.5 Å². The predicted molar refractivity (Wildman–Crippen MR) is 119 cm³/mol. The van der Waals surface area contributed by atoms with Gasteiger partial charge in [-0.3, -0.25) is 14.6 Å². The lowest BCUT2D eigenvalue weighted by atomic mass is 9.95.